The second-order valence-corrected chi connectivity index (χ2v) is 6.50. The van der Waals surface area contributed by atoms with E-state index in [1.807, 2.05) is 12.1 Å². The molecule has 1 aromatic rings. The van der Waals surface area contributed by atoms with Crippen molar-refractivity contribution in [1.82, 2.24) is 10.2 Å². The number of ether oxygens (including phenoxy) is 1. The summed E-state index contributed by atoms with van der Waals surface area (Å²) < 4.78 is 28.9. The molecule has 0 aliphatic carbocycles. The van der Waals surface area contributed by atoms with Gasteiger partial charge in [0.2, 0.25) is 0 Å². The number of rotatable bonds is 4. The van der Waals surface area contributed by atoms with Crippen molar-refractivity contribution in [3.05, 3.63) is 29.8 Å². The van der Waals surface area contributed by atoms with E-state index in [4.69, 9.17) is 0 Å². The molecule has 1 fully saturated rings. The average molecular weight is 371 g/mol. The van der Waals surface area contributed by atoms with Gasteiger partial charge >= 0.3 is 6.61 Å². The molecule has 134 valence electrons. The van der Waals surface area contributed by atoms with E-state index in [-0.39, 0.29) is 42.0 Å². The van der Waals surface area contributed by atoms with Crippen LogP contribution in [0.25, 0.3) is 0 Å². The molecule has 2 rings (SSSR count). The quantitative estimate of drug-likeness (QED) is 0.862. The Bertz CT molecular complexity index is 446. The monoisotopic (exact) mass is 370 g/mol. The molecule has 0 aromatic heterocycles. The Morgan fingerprint density at radius 3 is 2.00 bits per heavy atom. The zero-order valence-corrected chi connectivity index (χ0v) is 15.4. The summed E-state index contributed by atoms with van der Waals surface area (Å²) in [6.07, 6.45) is 0. The molecule has 1 saturated heterocycles. The molecule has 1 N–H and O–H groups in total. The molecule has 0 radical (unpaired) electrons. The van der Waals surface area contributed by atoms with Crippen molar-refractivity contribution in [3.8, 4) is 5.75 Å². The number of alkyl halides is 2. The molecule has 1 heterocycles. The van der Waals surface area contributed by atoms with Crippen LogP contribution in [0.2, 0.25) is 0 Å². The normalized spacial score (nSPS) is 17.1. The highest BCUT2D eigenvalue weighted by Gasteiger charge is 2.32. The van der Waals surface area contributed by atoms with E-state index in [2.05, 4.69) is 35.7 Å². The second kappa shape index (κ2) is 9.62. The summed E-state index contributed by atoms with van der Waals surface area (Å²) in [6.45, 7) is 7.82. The molecule has 1 atom stereocenters. The summed E-state index contributed by atoms with van der Waals surface area (Å²) >= 11 is 0. The van der Waals surface area contributed by atoms with Gasteiger partial charge in [0.1, 0.15) is 5.75 Å². The van der Waals surface area contributed by atoms with E-state index in [0.29, 0.717) is 0 Å². The van der Waals surface area contributed by atoms with E-state index >= 15 is 0 Å². The van der Waals surface area contributed by atoms with E-state index < -0.39 is 6.61 Å². The summed E-state index contributed by atoms with van der Waals surface area (Å²) in [4.78, 5) is 2.46. The lowest BCUT2D eigenvalue weighted by Crippen LogP contribution is -2.48. The van der Waals surface area contributed by atoms with Gasteiger partial charge in [-0.05, 0) is 23.1 Å². The number of hydrogen-bond donors (Lipinski definition) is 1. The van der Waals surface area contributed by atoms with Crippen molar-refractivity contribution in [2.24, 2.45) is 5.41 Å². The average Bonchev–Trinajstić information content (AvgIpc) is 2.40. The minimum atomic E-state index is -2.78. The predicted molar refractivity (Wildman–Crippen MR) is 94.2 cm³/mol. The van der Waals surface area contributed by atoms with Gasteiger partial charge in [0.15, 0.2) is 0 Å². The van der Waals surface area contributed by atoms with Crippen LogP contribution >= 0.6 is 24.8 Å². The third kappa shape index (κ3) is 6.42. The lowest BCUT2D eigenvalue weighted by Gasteiger charge is -2.42. The Morgan fingerprint density at radius 2 is 1.57 bits per heavy atom. The minimum Gasteiger partial charge on any atom is -0.435 e. The van der Waals surface area contributed by atoms with Crippen LogP contribution in [0.5, 0.6) is 5.75 Å². The molecule has 3 nitrogen and oxygen atoms in total. The van der Waals surface area contributed by atoms with Gasteiger partial charge in [-0.25, -0.2) is 0 Å². The number of nitrogens with one attached hydrogen (secondary N) is 1. The predicted octanol–water partition coefficient (Wildman–Crippen LogP) is 4.12. The molecule has 1 aliphatic rings. The maximum atomic E-state index is 12.2. The first-order valence-electron chi connectivity index (χ1n) is 7.37. The molecule has 23 heavy (non-hydrogen) atoms. The van der Waals surface area contributed by atoms with Crippen molar-refractivity contribution in [2.45, 2.75) is 33.4 Å². The number of benzene rings is 1. The zero-order chi connectivity index (χ0) is 15.5. The van der Waals surface area contributed by atoms with Gasteiger partial charge in [0.05, 0.1) is 0 Å². The van der Waals surface area contributed by atoms with E-state index in [1.165, 1.54) is 0 Å². The number of halogens is 4. The molecule has 7 heteroatoms. The van der Waals surface area contributed by atoms with Crippen molar-refractivity contribution < 1.29 is 13.5 Å². The maximum absolute atomic E-state index is 12.2. The largest absolute Gasteiger partial charge is 0.435 e. The Kier molecular flexibility index (Phi) is 9.36. The smallest absolute Gasteiger partial charge is 0.387 e. The fraction of sp³-hybridized carbons (Fsp3) is 0.625. The SMILES string of the molecule is CC(C)(C)[C@H](c1ccc(OC(F)F)cc1)N1CCNCC1.Cl.Cl. The molecule has 0 unspecified atom stereocenters. The van der Waals surface area contributed by atoms with E-state index in [9.17, 15) is 8.78 Å². The van der Waals surface area contributed by atoms with Crippen LogP contribution in [0.15, 0.2) is 24.3 Å². The lowest BCUT2D eigenvalue weighted by atomic mass is 9.81. The third-order valence-electron chi connectivity index (χ3n) is 3.76. The molecule has 0 spiro atoms. The molecule has 1 aromatic carbocycles. The van der Waals surface area contributed by atoms with Crippen molar-refractivity contribution in [3.63, 3.8) is 0 Å². The third-order valence-corrected chi connectivity index (χ3v) is 3.76. The maximum Gasteiger partial charge on any atom is 0.387 e. The summed E-state index contributed by atoms with van der Waals surface area (Å²) in [5, 5.41) is 3.36. The highest BCUT2D eigenvalue weighted by atomic mass is 35.5. The lowest BCUT2D eigenvalue weighted by molar-refractivity contribution is -0.0498. The van der Waals surface area contributed by atoms with Crippen LogP contribution in [0.1, 0.15) is 32.4 Å². The Morgan fingerprint density at radius 1 is 1.04 bits per heavy atom. The number of piperazine rings is 1. The summed E-state index contributed by atoms with van der Waals surface area (Å²) in [5.74, 6) is 0.210. The molecule has 0 amide bonds. The first kappa shape index (κ1) is 22.4. The molecule has 0 saturated carbocycles. The Labute approximate surface area is 149 Å². The Balaban J connectivity index is 0.00000242. The summed E-state index contributed by atoms with van der Waals surface area (Å²) in [6, 6.07) is 7.32. The van der Waals surface area contributed by atoms with Gasteiger partial charge < -0.3 is 10.1 Å². The van der Waals surface area contributed by atoms with Crippen molar-refractivity contribution >= 4 is 24.8 Å². The minimum absolute atomic E-state index is 0. The van der Waals surface area contributed by atoms with Gasteiger partial charge in [-0.2, -0.15) is 8.78 Å². The van der Waals surface area contributed by atoms with Crippen LogP contribution in [0.3, 0.4) is 0 Å². The Hall–Kier alpha value is -0.620. The summed E-state index contributed by atoms with van der Waals surface area (Å²) in [7, 11) is 0. The first-order valence-corrected chi connectivity index (χ1v) is 7.37. The first-order chi connectivity index (χ1) is 9.88. The molecular formula is C16H26Cl2F2N2O. The fourth-order valence-corrected chi connectivity index (χ4v) is 3.03. The second-order valence-electron chi connectivity index (χ2n) is 6.50. The van der Waals surface area contributed by atoms with Crippen LogP contribution in [0, 0.1) is 5.41 Å². The van der Waals surface area contributed by atoms with Crippen LogP contribution in [-0.2, 0) is 0 Å². The van der Waals surface area contributed by atoms with Crippen molar-refractivity contribution in [2.75, 3.05) is 26.2 Å². The number of hydrogen-bond acceptors (Lipinski definition) is 3. The van der Waals surface area contributed by atoms with Gasteiger partial charge in [0, 0.05) is 32.2 Å². The van der Waals surface area contributed by atoms with Gasteiger partial charge in [-0.3, -0.25) is 4.90 Å². The van der Waals surface area contributed by atoms with Gasteiger partial charge in [-0.1, -0.05) is 32.9 Å². The summed E-state index contributed by atoms with van der Waals surface area (Å²) in [5.41, 5.74) is 1.22. The highest BCUT2D eigenvalue weighted by Crippen LogP contribution is 2.38. The topological polar surface area (TPSA) is 24.5 Å². The van der Waals surface area contributed by atoms with Crippen LogP contribution in [-0.4, -0.2) is 37.7 Å². The number of nitrogens with zero attached hydrogens (tertiary/aromatic N) is 1. The molecule has 1 aliphatic heterocycles. The standard InChI is InChI=1S/C16H24F2N2O.2ClH/c1-16(2,3)14(20-10-8-19-9-11-20)12-4-6-13(7-5-12)21-15(17)18;;/h4-7,14-15,19H,8-11H2,1-3H3;2*1H/t14-;;/m0../s1. The van der Waals surface area contributed by atoms with Crippen molar-refractivity contribution in [1.29, 1.82) is 0 Å². The van der Waals surface area contributed by atoms with E-state index in [1.54, 1.807) is 12.1 Å². The van der Waals surface area contributed by atoms with Crippen LogP contribution in [0.4, 0.5) is 8.78 Å². The highest BCUT2D eigenvalue weighted by molar-refractivity contribution is 5.85. The van der Waals surface area contributed by atoms with Crippen LogP contribution < -0.4 is 10.1 Å². The van der Waals surface area contributed by atoms with E-state index in [0.717, 1.165) is 31.7 Å². The fourth-order valence-electron chi connectivity index (χ4n) is 3.03. The van der Waals surface area contributed by atoms with Gasteiger partial charge in [0.25, 0.3) is 0 Å². The zero-order valence-electron chi connectivity index (χ0n) is 13.7. The molecule has 0 bridgehead atoms. The van der Waals surface area contributed by atoms with Gasteiger partial charge in [-0.15, -0.1) is 24.8 Å². The molecular weight excluding hydrogens is 345 g/mol.